The van der Waals surface area contributed by atoms with Crippen LogP contribution in [0.5, 0.6) is 11.5 Å². The monoisotopic (exact) mass is 452 g/mol. The molecule has 0 spiro atoms. The fraction of sp³-hybridized carbons (Fsp3) is 0.417. The summed E-state index contributed by atoms with van der Waals surface area (Å²) in [7, 11) is 3.37. The van der Waals surface area contributed by atoms with E-state index >= 15 is 0 Å². The van der Waals surface area contributed by atoms with Crippen LogP contribution in [-0.2, 0) is 20.8 Å². The molecule has 2 unspecified atom stereocenters. The molecule has 0 saturated carbocycles. The molecule has 9 heteroatoms. The van der Waals surface area contributed by atoms with Crippen LogP contribution in [-0.4, -0.2) is 79.6 Å². The molecule has 2 aromatic carbocycles. The van der Waals surface area contributed by atoms with Crippen molar-refractivity contribution in [2.45, 2.75) is 31.5 Å². The summed E-state index contributed by atoms with van der Waals surface area (Å²) in [5.74, 6) is 1.92. The first-order chi connectivity index (χ1) is 16.2. The van der Waals surface area contributed by atoms with Gasteiger partial charge in [-0.2, -0.15) is 10.1 Å². The van der Waals surface area contributed by atoms with Gasteiger partial charge in [0.15, 0.2) is 12.5 Å². The molecule has 0 bridgehead atoms. The Labute approximate surface area is 193 Å². The Bertz CT molecular complexity index is 991. The zero-order valence-electron chi connectivity index (χ0n) is 18.8. The fourth-order valence-electron chi connectivity index (χ4n) is 4.07. The topological polar surface area (TPSA) is 76.1 Å². The standard InChI is InChI=1S/C24H28N4O5/c1-30-19-9-5-18(6-10-19)24-25-28(23(16-29)33-24)27-12-11-22(27)32-20-7-3-17(4-8-20)13-26-14-21(15-26)31-2/h3-10,16,21-23H,11-15H2,1-2H3. The molecule has 0 N–H and O–H groups in total. The second-order valence-corrected chi connectivity index (χ2v) is 8.32. The average molecular weight is 453 g/mol. The summed E-state index contributed by atoms with van der Waals surface area (Å²) in [5, 5.41) is 8.03. The average Bonchev–Trinajstić information content (AvgIpc) is 3.23. The molecule has 5 rings (SSSR count). The molecule has 0 aromatic heterocycles. The number of methoxy groups -OCH3 is 2. The van der Waals surface area contributed by atoms with E-state index in [2.05, 4.69) is 22.1 Å². The van der Waals surface area contributed by atoms with Crippen LogP contribution >= 0.6 is 0 Å². The Hall–Kier alpha value is -3.14. The summed E-state index contributed by atoms with van der Waals surface area (Å²) < 4.78 is 22.5. The van der Waals surface area contributed by atoms with Crippen molar-refractivity contribution >= 4 is 12.2 Å². The Balaban J connectivity index is 1.20. The predicted molar refractivity (Wildman–Crippen MR) is 121 cm³/mol. The molecule has 9 nitrogen and oxygen atoms in total. The van der Waals surface area contributed by atoms with E-state index in [-0.39, 0.29) is 6.23 Å². The first-order valence-electron chi connectivity index (χ1n) is 11.1. The lowest BCUT2D eigenvalue weighted by Gasteiger charge is -2.44. The highest BCUT2D eigenvalue weighted by Crippen LogP contribution is 2.29. The summed E-state index contributed by atoms with van der Waals surface area (Å²) >= 11 is 0. The fourth-order valence-corrected chi connectivity index (χ4v) is 4.07. The highest BCUT2D eigenvalue weighted by Gasteiger charge is 2.42. The van der Waals surface area contributed by atoms with E-state index in [4.69, 9.17) is 18.9 Å². The molecule has 0 aliphatic carbocycles. The number of ether oxygens (including phenoxy) is 4. The van der Waals surface area contributed by atoms with Crippen molar-refractivity contribution in [3.8, 4) is 11.5 Å². The number of benzene rings is 2. The first-order valence-corrected chi connectivity index (χ1v) is 11.1. The molecule has 174 valence electrons. The van der Waals surface area contributed by atoms with Gasteiger partial charge in [-0.1, -0.05) is 12.1 Å². The van der Waals surface area contributed by atoms with Crippen molar-refractivity contribution in [3.05, 3.63) is 59.7 Å². The van der Waals surface area contributed by atoms with Gasteiger partial charge >= 0.3 is 0 Å². The number of likely N-dealkylation sites (tertiary alicyclic amines) is 1. The van der Waals surface area contributed by atoms with Gasteiger partial charge in [0, 0.05) is 45.3 Å². The summed E-state index contributed by atoms with van der Waals surface area (Å²) in [6.07, 6.45) is 0.911. The van der Waals surface area contributed by atoms with E-state index < -0.39 is 6.23 Å². The highest BCUT2D eigenvalue weighted by molar-refractivity contribution is 5.95. The van der Waals surface area contributed by atoms with Crippen LogP contribution in [0.1, 0.15) is 17.5 Å². The maximum atomic E-state index is 11.7. The van der Waals surface area contributed by atoms with Crippen LogP contribution in [0.15, 0.2) is 53.6 Å². The van der Waals surface area contributed by atoms with Crippen molar-refractivity contribution < 1.29 is 23.7 Å². The smallest absolute Gasteiger partial charge is 0.260 e. The third-order valence-electron chi connectivity index (χ3n) is 6.17. The highest BCUT2D eigenvalue weighted by atomic mass is 16.6. The first kappa shape index (κ1) is 21.7. The minimum atomic E-state index is -0.816. The lowest BCUT2D eigenvalue weighted by Crippen LogP contribution is -2.60. The number of hydrazine groups is 1. The third-order valence-corrected chi connectivity index (χ3v) is 6.17. The van der Waals surface area contributed by atoms with Gasteiger partial charge in [0.1, 0.15) is 11.5 Å². The second-order valence-electron chi connectivity index (χ2n) is 8.32. The molecule has 2 saturated heterocycles. The number of aldehydes is 1. The van der Waals surface area contributed by atoms with E-state index in [0.29, 0.717) is 12.0 Å². The number of carbonyl (C=O) groups excluding carboxylic acids is 1. The van der Waals surface area contributed by atoms with Crippen molar-refractivity contribution in [2.75, 3.05) is 33.9 Å². The van der Waals surface area contributed by atoms with Crippen LogP contribution in [0, 0.1) is 0 Å². The predicted octanol–water partition coefficient (Wildman–Crippen LogP) is 2.07. The third kappa shape index (κ3) is 4.52. The number of hydrogen-bond acceptors (Lipinski definition) is 9. The van der Waals surface area contributed by atoms with E-state index in [9.17, 15) is 4.79 Å². The SMILES string of the molecule is COc1ccc(C2=NN(N3CCC3Oc3ccc(CN4CC(OC)C4)cc3)C(C=O)O2)cc1. The van der Waals surface area contributed by atoms with Gasteiger partial charge in [-0.15, -0.1) is 5.10 Å². The molecule has 3 heterocycles. The maximum absolute atomic E-state index is 11.7. The van der Waals surface area contributed by atoms with Gasteiger partial charge in [-0.05, 0) is 42.0 Å². The van der Waals surface area contributed by atoms with E-state index in [1.807, 2.05) is 41.4 Å². The molecular formula is C24H28N4O5. The quantitative estimate of drug-likeness (QED) is 0.536. The minimum absolute atomic E-state index is 0.210. The van der Waals surface area contributed by atoms with E-state index in [1.54, 1.807) is 19.3 Å². The zero-order valence-corrected chi connectivity index (χ0v) is 18.8. The molecule has 3 aliphatic heterocycles. The van der Waals surface area contributed by atoms with E-state index in [1.165, 1.54) is 5.56 Å². The molecule has 0 radical (unpaired) electrons. The number of hydrogen-bond donors (Lipinski definition) is 0. The summed E-state index contributed by atoms with van der Waals surface area (Å²) in [6.45, 7) is 3.58. The normalized spacial score (nSPS) is 23.3. The van der Waals surface area contributed by atoms with Gasteiger partial charge in [0.2, 0.25) is 5.90 Å². The Kier molecular flexibility index (Phi) is 6.17. The van der Waals surface area contributed by atoms with Gasteiger partial charge in [0.25, 0.3) is 6.23 Å². The van der Waals surface area contributed by atoms with Crippen molar-refractivity contribution in [3.63, 3.8) is 0 Å². The second kappa shape index (κ2) is 9.38. The molecule has 0 amide bonds. The lowest BCUT2D eigenvalue weighted by molar-refractivity contribution is -0.218. The van der Waals surface area contributed by atoms with Gasteiger partial charge in [-0.25, -0.2) is 0 Å². The van der Waals surface area contributed by atoms with Crippen LogP contribution in [0.3, 0.4) is 0 Å². The largest absolute Gasteiger partial charge is 0.497 e. The van der Waals surface area contributed by atoms with Crippen molar-refractivity contribution in [1.82, 2.24) is 15.0 Å². The van der Waals surface area contributed by atoms with Gasteiger partial charge < -0.3 is 18.9 Å². The van der Waals surface area contributed by atoms with Crippen molar-refractivity contribution in [1.29, 1.82) is 0 Å². The van der Waals surface area contributed by atoms with Gasteiger partial charge in [0.05, 0.1) is 13.2 Å². The summed E-state index contributed by atoms with van der Waals surface area (Å²) in [4.78, 5) is 14.0. The molecule has 3 aliphatic rings. The molecule has 2 aromatic rings. The molecule has 2 fully saturated rings. The number of hydrazone groups is 1. The number of rotatable bonds is 9. The van der Waals surface area contributed by atoms with Gasteiger partial charge in [-0.3, -0.25) is 9.69 Å². The van der Waals surface area contributed by atoms with Crippen LogP contribution in [0.2, 0.25) is 0 Å². The number of carbonyl (C=O) groups is 1. The minimum Gasteiger partial charge on any atom is -0.497 e. The Morgan fingerprint density at radius 3 is 2.39 bits per heavy atom. The molecule has 2 atom stereocenters. The maximum Gasteiger partial charge on any atom is 0.260 e. The zero-order chi connectivity index (χ0) is 22.8. The van der Waals surface area contributed by atoms with Crippen LogP contribution in [0.25, 0.3) is 0 Å². The Morgan fingerprint density at radius 1 is 1.06 bits per heavy atom. The number of nitrogens with zero attached hydrogens (tertiary/aromatic N) is 4. The van der Waals surface area contributed by atoms with Crippen LogP contribution in [0.4, 0.5) is 0 Å². The Morgan fingerprint density at radius 2 is 1.79 bits per heavy atom. The van der Waals surface area contributed by atoms with Crippen molar-refractivity contribution in [2.24, 2.45) is 5.10 Å². The van der Waals surface area contributed by atoms with E-state index in [0.717, 1.165) is 55.9 Å². The van der Waals surface area contributed by atoms with Crippen LogP contribution < -0.4 is 9.47 Å². The summed E-state index contributed by atoms with van der Waals surface area (Å²) in [6, 6.07) is 15.5. The molecule has 33 heavy (non-hydrogen) atoms. The lowest BCUT2D eigenvalue weighted by atomic mass is 10.1. The summed E-state index contributed by atoms with van der Waals surface area (Å²) in [5.41, 5.74) is 2.02. The molecular weight excluding hydrogens is 424 g/mol.